The van der Waals surface area contributed by atoms with Crippen LogP contribution in [0.15, 0.2) is 49.0 Å². The summed E-state index contributed by atoms with van der Waals surface area (Å²) in [5, 5.41) is 0. The zero-order valence-electron chi connectivity index (χ0n) is 11.5. The Hall–Kier alpha value is -1.82. The molecule has 18 heavy (non-hydrogen) atoms. The fraction of sp³-hybridized carbons (Fsp3) is 0.222. The average Bonchev–Trinajstić information content (AvgIpc) is 2.39. The lowest BCUT2D eigenvalue weighted by atomic mass is 9.93. The number of rotatable bonds is 3. The molecule has 0 heteroatoms. The Labute approximate surface area is 110 Å². The largest absolute Gasteiger partial charge is 0.0955 e. The van der Waals surface area contributed by atoms with E-state index in [1.54, 1.807) is 0 Å². The summed E-state index contributed by atoms with van der Waals surface area (Å²) >= 11 is 0. The van der Waals surface area contributed by atoms with E-state index in [0.29, 0.717) is 0 Å². The van der Waals surface area contributed by atoms with Crippen LogP contribution in [-0.4, -0.2) is 0 Å². The summed E-state index contributed by atoms with van der Waals surface area (Å²) in [5.41, 5.74) is 7.70. The van der Waals surface area contributed by atoms with Gasteiger partial charge < -0.3 is 0 Å². The quantitative estimate of drug-likeness (QED) is 0.682. The summed E-state index contributed by atoms with van der Waals surface area (Å²) in [6.45, 7) is 10.5. The Bertz CT molecular complexity index is 576. The third kappa shape index (κ3) is 2.38. The zero-order chi connectivity index (χ0) is 13.1. The Morgan fingerprint density at radius 3 is 2.50 bits per heavy atom. The molecule has 0 bridgehead atoms. The molecule has 0 aliphatic rings. The van der Waals surface area contributed by atoms with Crippen LogP contribution in [0, 0.1) is 6.92 Å². The molecule has 0 amide bonds. The van der Waals surface area contributed by atoms with Gasteiger partial charge in [-0.25, -0.2) is 0 Å². The highest BCUT2D eigenvalue weighted by atomic mass is 14.1. The van der Waals surface area contributed by atoms with Gasteiger partial charge in [0.05, 0.1) is 0 Å². The second kappa shape index (κ2) is 5.22. The summed E-state index contributed by atoms with van der Waals surface area (Å²) in [6.07, 6.45) is 1.06. The Balaban J connectivity index is 2.58. The lowest BCUT2D eigenvalue weighted by Gasteiger charge is -2.12. The Morgan fingerprint density at radius 2 is 1.83 bits per heavy atom. The van der Waals surface area contributed by atoms with Crippen LogP contribution in [0.25, 0.3) is 16.7 Å². The molecular formula is C18H20. The van der Waals surface area contributed by atoms with Crippen molar-refractivity contribution in [3.63, 3.8) is 0 Å². The molecule has 0 spiro atoms. The SMILES string of the molecule is C=C(C)c1cc(-c2ccccc2CC)ccc1C. The summed E-state index contributed by atoms with van der Waals surface area (Å²) in [4.78, 5) is 0. The van der Waals surface area contributed by atoms with Crippen LogP contribution in [0.4, 0.5) is 0 Å². The van der Waals surface area contributed by atoms with Crippen molar-refractivity contribution >= 4 is 5.57 Å². The van der Waals surface area contributed by atoms with E-state index in [-0.39, 0.29) is 0 Å². The maximum atomic E-state index is 4.06. The van der Waals surface area contributed by atoms with Crippen LogP contribution in [0.1, 0.15) is 30.5 Å². The highest BCUT2D eigenvalue weighted by molar-refractivity contribution is 5.74. The topological polar surface area (TPSA) is 0 Å². The molecule has 0 radical (unpaired) electrons. The molecule has 0 unspecified atom stereocenters. The lowest BCUT2D eigenvalue weighted by Crippen LogP contribution is -1.90. The smallest absolute Gasteiger partial charge is 0.0152 e. The standard InChI is InChI=1S/C18H20/c1-5-15-8-6-7-9-17(15)16-11-10-14(4)18(12-16)13(2)3/h6-12H,2,5H2,1,3-4H3. The number of aryl methyl sites for hydroxylation is 2. The van der Waals surface area contributed by atoms with E-state index in [1.165, 1.54) is 27.8 Å². The van der Waals surface area contributed by atoms with Crippen LogP contribution in [0.3, 0.4) is 0 Å². The molecule has 0 aliphatic carbocycles. The highest BCUT2D eigenvalue weighted by Crippen LogP contribution is 2.28. The molecule has 0 nitrogen and oxygen atoms in total. The minimum atomic E-state index is 1.06. The normalized spacial score (nSPS) is 10.4. The van der Waals surface area contributed by atoms with Crippen molar-refractivity contribution in [2.24, 2.45) is 0 Å². The van der Waals surface area contributed by atoms with Gasteiger partial charge in [-0.2, -0.15) is 0 Å². The number of hydrogen-bond acceptors (Lipinski definition) is 0. The molecule has 2 aromatic rings. The van der Waals surface area contributed by atoms with Crippen molar-refractivity contribution in [2.45, 2.75) is 27.2 Å². The van der Waals surface area contributed by atoms with Gasteiger partial charge in [0.2, 0.25) is 0 Å². The molecule has 0 aromatic heterocycles. The summed E-state index contributed by atoms with van der Waals surface area (Å²) in [7, 11) is 0. The first-order chi connectivity index (χ1) is 8.63. The number of benzene rings is 2. The zero-order valence-corrected chi connectivity index (χ0v) is 11.5. The van der Waals surface area contributed by atoms with Gasteiger partial charge in [-0.3, -0.25) is 0 Å². The lowest BCUT2D eigenvalue weighted by molar-refractivity contribution is 1.14. The second-order valence-corrected chi connectivity index (χ2v) is 4.82. The van der Waals surface area contributed by atoms with Gasteiger partial charge in [0.1, 0.15) is 0 Å². The monoisotopic (exact) mass is 236 g/mol. The molecule has 2 aromatic carbocycles. The first-order valence-corrected chi connectivity index (χ1v) is 6.48. The Kier molecular flexibility index (Phi) is 3.66. The molecular weight excluding hydrogens is 216 g/mol. The van der Waals surface area contributed by atoms with E-state index in [9.17, 15) is 0 Å². The van der Waals surface area contributed by atoms with Crippen LogP contribution in [-0.2, 0) is 6.42 Å². The van der Waals surface area contributed by atoms with Crippen molar-refractivity contribution in [1.29, 1.82) is 0 Å². The molecule has 92 valence electrons. The minimum absolute atomic E-state index is 1.06. The van der Waals surface area contributed by atoms with E-state index < -0.39 is 0 Å². The summed E-state index contributed by atoms with van der Waals surface area (Å²) in [6, 6.07) is 15.3. The molecule has 0 fully saturated rings. The van der Waals surface area contributed by atoms with Gasteiger partial charge in [-0.1, -0.05) is 55.5 Å². The fourth-order valence-corrected chi connectivity index (χ4v) is 2.36. The molecule has 0 saturated heterocycles. The predicted molar refractivity (Wildman–Crippen MR) is 80.7 cm³/mol. The average molecular weight is 236 g/mol. The maximum absolute atomic E-state index is 4.06. The molecule has 0 atom stereocenters. The Morgan fingerprint density at radius 1 is 1.11 bits per heavy atom. The van der Waals surface area contributed by atoms with Crippen LogP contribution in [0.5, 0.6) is 0 Å². The van der Waals surface area contributed by atoms with Gasteiger partial charge >= 0.3 is 0 Å². The van der Waals surface area contributed by atoms with E-state index in [1.807, 2.05) is 0 Å². The summed E-state index contributed by atoms with van der Waals surface area (Å²) in [5.74, 6) is 0. The van der Waals surface area contributed by atoms with E-state index in [0.717, 1.165) is 12.0 Å². The van der Waals surface area contributed by atoms with Gasteiger partial charge in [0.25, 0.3) is 0 Å². The van der Waals surface area contributed by atoms with Gasteiger partial charge in [-0.15, -0.1) is 0 Å². The van der Waals surface area contributed by atoms with Crippen molar-refractivity contribution in [3.8, 4) is 11.1 Å². The molecule has 2 rings (SSSR count). The van der Waals surface area contributed by atoms with E-state index in [4.69, 9.17) is 0 Å². The molecule has 0 aliphatic heterocycles. The first-order valence-electron chi connectivity index (χ1n) is 6.48. The van der Waals surface area contributed by atoms with Gasteiger partial charge in [0.15, 0.2) is 0 Å². The number of hydrogen-bond donors (Lipinski definition) is 0. The predicted octanol–water partition coefficient (Wildman–Crippen LogP) is 5.26. The second-order valence-electron chi connectivity index (χ2n) is 4.82. The molecule has 0 saturated carbocycles. The maximum Gasteiger partial charge on any atom is -0.0152 e. The fourth-order valence-electron chi connectivity index (χ4n) is 2.36. The van der Waals surface area contributed by atoms with Crippen molar-refractivity contribution in [2.75, 3.05) is 0 Å². The van der Waals surface area contributed by atoms with Gasteiger partial charge in [0, 0.05) is 0 Å². The van der Waals surface area contributed by atoms with Crippen molar-refractivity contribution < 1.29 is 0 Å². The van der Waals surface area contributed by atoms with E-state index in [2.05, 4.69) is 69.8 Å². The van der Waals surface area contributed by atoms with Crippen LogP contribution in [0.2, 0.25) is 0 Å². The summed E-state index contributed by atoms with van der Waals surface area (Å²) < 4.78 is 0. The van der Waals surface area contributed by atoms with Crippen LogP contribution >= 0.6 is 0 Å². The number of allylic oxidation sites excluding steroid dienone is 1. The van der Waals surface area contributed by atoms with Crippen molar-refractivity contribution in [3.05, 3.63) is 65.7 Å². The highest BCUT2D eigenvalue weighted by Gasteiger charge is 2.06. The minimum Gasteiger partial charge on any atom is -0.0955 e. The van der Waals surface area contributed by atoms with Crippen molar-refractivity contribution in [1.82, 2.24) is 0 Å². The first kappa shape index (κ1) is 12.6. The van der Waals surface area contributed by atoms with Crippen LogP contribution < -0.4 is 0 Å². The van der Waals surface area contributed by atoms with Gasteiger partial charge in [-0.05, 0) is 54.2 Å². The molecule has 0 heterocycles. The third-order valence-electron chi connectivity index (χ3n) is 3.41. The third-order valence-corrected chi connectivity index (χ3v) is 3.41. The van der Waals surface area contributed by atoms with E-state index >= 15 is 0 Å². The molecule has 0 N–H and O–H groups in total.